The molecule has 4 nitrogen and oxygen atoms in total. The Hall–Kier alpha value is -2.07. The Morgan fingerprint density at radius 2 is 2.46 bits per heavy atom. The van der Waals surface area contributed by atoms with Crippen molar-refractivity contribution in [2.24, 2.45) is 0 Å². The highest BCUT2D eigenvalue weighted by Crippen LogP contribution is 2.02. The van der Waals surface area contributed by atoms with Crippen molar-refractivity contribution in [3.05, 3.63) is 18.1 Å². The van der Waals surface area contributed by atoms with Gasteiger partial charge in [0.2, 0.25) is 5.82 Å². The minimum atomic E-state index is -0.110. The summed E-state index contributed by atoms with van der Waals surface area (Å²) in [4.78, 5) is 7.63. The van der Waals surface area contributed by atoms with Crippen LogP contribution in [0.1, 0.15) is 12.7 Å². The quantitative estimate of drug-likeness (QED) is 0.670. The van der Waals surface area contributed by atoms with Gasteiger partial charge in [-0.3, -0.25) is 0 Å². The molecule has 1 unspecified atom stereocenters. The Labute approximate surface area is 76.6 Å². The highest BCUT2D eigenvalue weighted by Gasteiger charge is 1.99. The minimum Gasteiger partial charge on any atom is -0.357 e. The van der Waals surface area contributed by atoms with Crippen LogP contribution in [0.5, 0.6) is 0 Å². The summed E-state index contributed by atoms with van der Waals surface area (Å²) in [6.45, 7) is 1.83. The van der Waals surface area contributed by atoms with Crippen molar-refractivity contribution >= 4 is 5.82 Å². The van der Waals surface area contributed by atoms with Gasteiger partial charge in [0.1, 0.15) is 11.9 Å². The number of nitrogens with zero attached hydrogens (tertiary/aromatic N) is 3. The summed E-state index contributed by atoms with van der Waals surface area (Å²) in [6, 6.07) is 3.40. The zero-order chi connectivity index (χ0) is 9.68. The summed E-state index contributed by atoms with van der Waals surface area (Å²) < 4.78 is 0. The fourth-order valence-electron chi connectivity index (χ4n) is 0.756. The molecule has 0 saturated carbocycles. The van der Waals surface area contributed by atoms with E-state index in [9.17, 15) is 0 Å². The zero-order valence-electron chi connectivity index (χ0n) is 7.15. The lowest BCUT2D eigenvalue weighted by molar-refractivity contribution is 0.995. The Bertz CT molecular complexity index is 372. The summed E-state index contributed by atoms with van der Waals surface area (Å²) in [5.41, 5.74) is 0. The molecule has 0 bridgehead atoms. The lowest BCUT2D eigenvalue weighted by atomic mass is 10.3. The second kappa shape index (κ2) is 4.08. The molecule has 0 spiro atoms. The highest BCUT2D eigenvalue weighted by molar-refractivity contribution is 5.37. The lowest BCUT2D eigenvalue weighted by Crippen LogP contribution is -2.13. The average molecular weight is 172 g/mol. The summed E-state index contributed by atoms with van der Waals surface area (Å²) in [6.07, 6.45) is 6.68. The molecule has 1 aromatic rings. The van der Waals surface area contributed by atoms with Crippen LogP contribution in [0.4, 0.5) is 5.82 Å². The average Bonchev–Trinajstić information content (AvgIpc) is 2.18. The number of anilines is 1. The van der Waals surface area contributed by atoms with E-state index < -0.39 is 0 Å². The number of aromatic nitrogens is 2. The Balaban J connectivity index is 2.80. The first kappa shape index (κ1) is 9.02. The van der Waals surface area contributed by atoms with Crippen LogP contribution in [-0.4, -0.2) is 16.0 Å². The van der Waals surface area contributed by atoms with Crippen LogP contribution in [0.25, 0.3) is 0 Å². The highest BCUT2D eigenvalue weighted by atomic mass is 15.0. The van der Waals surface area contributed by atoms with E-state index >= 15 is 0 Å². The molecule has 13 heavy (non-hydrogen) atoms. The van der Waals surface area contributed by atoms with E-state index in [1.165, 1.54) is 6.20 Å². The van der Waals surface area contributed by atoms with Crippen molar-refractivity contribution in [2.75, 3.05) is 5.32 Å². The van der Waals surface area contributed by atoms with Gasteiger partial charge in [0.15, 0.2) is 0 Å². The van der Waals surface area contributed by atoms with Gasteiger partial charge in [0.05, 0.1) is 6.04 Å². The first-order valence-electron chi connectivity index (χ1n) is 3.72. The fraction of sp³-hybridized carbons (Fsp3) is 0.222. The van der Waals surface area contributed by atoms with Crippen LogP contribution in [0.2, 0.25) is 0 Å². The molecular formula is C9H8N4. The maximum absolute atomic E-state index is 8.51. The largest absolute Gasteiger partial charge is 0.357 e. The molecular weight excluding hydrogens is 164 g/mol. The van der Waals surface area contributed by atoms with E-state index in [0.717, 1.165) is 0 Å². The van der Waals surface area contributed by atoms with E-state index in [-0.39, 0.29) is 11.9 Å². The van der Waals surface area contributed by atoms with E-state index in [2.05, 4.69) is 21.2 Å². The molecule has 1 N–H and O–H groups in total. The first-order chi connectivity index (χ1) is 6.26. The number of hydrogen-bond donors (Lipinski definition) is 1. The molecule has 0 fully saturated rings. The van der Waals surface area contributed by atoms with Crippen LogP contribution in [0.3, 0.4) is 0 Å². The van der Waals surface area contributed by atoms with Crippen molar-refractivity contribution < 1.29 is 0 Å². The number of rotatable bonds is 2. The van der Waals surface area contributed by atoms with Gasteiger partial charge in [-0.25, -0.2) is 9.97 Å². The van der Waals surface area contributed by atoms with Gasteiger partial charge >= 0.3 is 0 Å². The summed E-state index contributed by atoms with van der Waals surface area (Å²) >= 11 is 0. The van der Waals surface area contributed by atoms with Gasteiger partial charge in [-0.1, -0.05) is 5.92 Å². The van der Waals surface area contributed by atoms with Crippen LogP contribution in [0, 0.1) is 23.7 Å². The SMILES string of the molecule is C#CC(C)Nc1ccnc(C#N)n1. The van der Waals surface area contributed by atoms with Crippen molar-refractivity contribution in [2.45, 2.75) is 13.0 Å². The van der Waals surface area contributed by atoms with Gasteiger partial charge in [-0.15, -0.1) is 6.42 Å². The fourth-order valence-corrected chi connectivity index (χ4v) is 0.756. The number of nitriles is 1. The molecule has 64 valence electrons. The molecule has 1 atom stereocenters. The van der Waals surface area contributed by atoms with Gasteiger partial charge in [0, 0.05) is 6.20 Å². The summed E-state index contributed by atoms with van der Waals surface area (Å²) in [7, 11) is 0. The maximum Gasteiger partial charge on any atom is 0.234 e. The zero-order valence-corrected chi connectivity index (χ0v) is 7.15. The van der Waals surface area contributed by atoms with E-state index in [1.807, 2.05) is 13.0 Å². The Morgan fingerprint density at radius 3 is 3.08 bits per heavy atom. The van der Waals surface area contributed by atoms with Crippen molar-refractivity contribution in [1.29, 1.82) is 5.26 Å². The number of hydrogen-bond acceptors (Lipinski definition) is 4. The van der Waals surface area contributed by atoms with Crippen molar-refractivity contribution in [3.8, 4) is 18.4 Å². The molecule has 0 aliphatic carbocycles. The third kappa shape index (κ3) is 2.46. The Morgan fingerprint density at radius 1 is 1.69 bits per heavy atom. The molecule has 0 radical (unpaired) electrons. The van der Waals surface area contributed by atoms with Crippen LogP contribution in [-0.2, 0) is 0 Å². The predicted molar refractivity (Wildman–Crippen MR) is 48.7 cm³/mol. The molecule has 0 amide bonds. The minimum absolute atomic E-state index is 0.110. The van der Waals surface area contributed by atoms with Crippen molar-refractivity contribution in [3.63, 3.8) is 0 Å². The van der Waals surface area contributed by atoms with Gasteiger partial charge in [-0.2, -0.15) is 5.26 Å². The summed E-state index contributed by atoms with van der Waals surface area (Å²) in [5.74, 6) is 3.20. The summed E-state index contributed by atoms with van der Waals surface area (Å²) in [5, 5.41) is 11.4. The normalized spacial score (nSPS) is 11.0. The van der Waals surface area contributed by atoms with Crippen LogP contribution in [0.15, 0.2) is 12.3 Å². The molecule has 0 aliphatic heterocycles. The van der Waals surface area contributed by atoms with Gasteiger partial charge < -0.3 is 5.32 Å². The molecule has 0 saturated heterocycles. The lowest BCUT2D eigenvalue weighted by Gasteiger charge is -2.06. The number of nitrogens with one attached hydrogen (secondary N) is 1. The molecule has 0 aromatic carbocycles. The molecule has 1 aromatic heterocycles. The molecule has 4 heteroatoms. The van der Waals surface area contributed by atoms with E-state index in [0.29, 0.717) is 5.82 Å². The Kier molecular flexibility index (Phi) is 2.83. The van der Waals surface area contributed by atoms with Crippen LogP contribution >= 0.6 is 0 Å². The van der Waals surface area contributed by atoms with Crippen molar-refractivity contribution in [1.82, 2.24) is 9.97 Å². The topological polar surface area (TPSA) is 61.6 Å². The van der Waals surface area contributed by atoms with E-state index in [1.54, 1.807) is 6.07 Å². The third-order valence-corrected chi connectivity index (χ3v) is 1.37. The molecule has 1 heterocycles. The monoisotopic (exact) mass is 172 g/mol. The third-order valence-electron chi connectivity index (χ3n) is 1.37. The standard InChI is InChI=1S/C9H8N4/c1-3-7(2)12-8-4-5-11-9(6-10)13-8/h1,4-5,7H,2H3,(H,11,12,13). The molecule has 0 aliphatic rings. The second-order valence-electron chi connectivity index (χ2n) is 2.41. The first-order valence-corrected chi connectivity index (χ1v) is 3.72. The second-order valence-corrected chi connectivity index (χ2v) is 2.41. The number of terminal acetylenes is 1. The van der Waals surface area contributed by atoms with Gasteiger partial charge in [-0.05, 0) is 13.0 Å². The van der Waals surface area contributed by atoms with Crippen LogP contribution < -0.4 is 5.32 Å². The van der Waals surface area contributed by atoms with Gasteiger partial charge in [0.25, 0.3) is 0 Å². The predicted octanol–water partition coefficient (Wildman–Crippen LogP) is 0.782. The maximum atomic E-state index is 8.51. The van der Waals surface area contributed by atoms with E-state index in [4.69, 9.17) is 11.7 Å². The molecule has 1 rings (SSSR count). The smallest absolute Gasteiger partial charge is 0.234 e.